The summed E-state index contributed by atoms with van der Waals surface area (Å²) in [4.78, 5) is 11.9. The largest absolute Gasteiger partial charge is 0.399 e. The Balaban J connectivity index is 2.07. The lowest BCUT2D eigenvalue weighted by atomic mass is 10.1. The number of amides is 1. The number of anilines is 2. The number of benzene rings is 1. The van der Waals surface area contributed by atoms with E-state index in [1.54, 1.807) is 31.3 Å². The van der Waals surface area contributed by atoms with Gasteiger partial charge in [-0.3, -0.25) is 9.48 Å². The molecule has 0 fully saturated rings. The molecule has 0 bridgehead atoms. The zero-order valence-corrected chi connectivity index (χ0v) is 10.4. The van der Waals surface area contributed by atoms with E-state index in [9.17, 15) is 4.79 Å². The van der Waals surface area contributed by atoms with Crippen LogP contribution in [0.15, 0.2) is 30.5 Å². The Labute approximate surface area is 110 Å². The Morgan fingerprint density at radius 1 is 1.47 bits per heavy atom. The van der Waals surface area contributed by atoms with Crippen LogP contribution in [0.25, 0.3) is 0 Å². The topological polar surface area (TPSA) is 96.7 Å². The van der Waals surface area contributed by atoms with Gasteiger partial charge in [-0.05, 0) is 17.7 Å². The summed E-state index contributed by atoms with van der Waals surface area (Å²) in [6.45, 7) is 0. The zero-order chi connectivity index (χ0) is 13.8. The third kappa shape index (κ3) is 2.90. The summed E-state index contributed by atoms with van der Waals surface area (Å²) in [7, 11) is 1.67. The number of hydrogen-bond donors (Lipinski definition) is 2. The first-order valence-corrected chi connectivity index (χ1v) is 5.66. The van der Waals surface area contributed by atoms with Gasteiger partial charge in [0.15, 0.2) is 0 Å². The maximum atomic E-state index is 11.9. The highest BCUT2D eigenvalue weighted by atomic mass is 16.1. The predicted octanol–water partition coefficient (Wildman–Crippen LogP) is 1.06. The SMILES string of the molecule is Cn1ncc(C#N)c1NC(=O)Cc1ccc(N)cc1. The van der Waals surface area contributed by atoms with Crippen LogP contribution in [0.1, 0.15) is 11.1 Å². The number of carbonyl (C=O) groups excluding carboxylic acids is 1. The maximum absolute atomic E-state index is 11.9. The number of rotatable bonds is 3. The van der Waals surface area contributed by atoms with Crippen molar-refractivity contribution in [3.05, 3.63) is 41.6 Å². The molecule has 0 aliphatic heterocycles. The third-order valence-corrected chi connectivity index (χ3v) is 2.66. The predicted molar refractivity (Wildman–Crippen MR) is 71.1 cm³/mol. The Kier molecular flexibility index (Phi) is 3.48. The van der Waals surface area contributed by atoms with Gasteiger partial charge >= 0.3 is 0 Å². The average Bonchev–Trinajstić information content (AvgIpc) is 2.73. The van der Waals surface area contributed by atoms with Crippen molar-refractivity contribution >= 4 is 17.4 Å². The molecule has 1 heterocycles. The molecule has 96 valence electrons. The molecule has 1 aromatic heterocycles. The number of nitrogens with zero attached hydrogens (tertiary/aromatic N) is 3. The van der Waals surface area contributed by atoms with Crippen molar-refractivity contribution in [2.45, 2.75) is 6.42 Å². The van der Waals surface area contributed by atoms with Crippen LogP contribution in [0.4, 0.5) is 11.5 Å². The number of carbonyl (C=O) groups is 1. The molecule has 1 aromatic carbocycles. The molecule has 0 atom stereocenters. The molecule has 0 saturated carbocycles. The summed E-state index contributed by atoms with van der Waals surface area (Å²) in [6, 6.07) is 9.06. The van der Waals surface area contributed by atoms with Gasteiger partial charge in [-0.1, -0.05) is 12.1 Å². The number of hydrogen-bond acceptors (Lipinski definition) is 4. The second kappa shape index (κ2) is 5.23. The molecule has 0 aliphatic carbocycles. The van der Waals surface area contributed by atoms with Gasteiger partial charge in [0.05, 0.1) is 12.6 Å². The van der Waals surface area contributed by atoms with Crippen LogP contribution in [-0.4, -0.2) is 15.7 Å². The molecule has 1 amide bonds. The van der Waals surface area contributed by atoms with Crippen LogP contribution in [0.5, 0.6) is 0 Å². The molecule has 0 unspecified atom stereocenters. The van der Waals surface area contributed by atoms with Crippen LogP contribution in [0.3, 0.4) is 0 Å². The fourth-order valence-electron chi connectivity index (χ4n) is 1.66. The summed E-state index contributed by atoms with van der Waals surface area (Å²) in [6.07, 6.45) is 1.63. The Hall–Kier alpha value is -2.81. The minimum absolute atomic E-state index is 0.204. The number of aromatic nitrogens is 2. The minimum Gasteiger partial charge on any atom is -0.399 e. The summed E-state index contributed by atoms with van der Waals surface area (Å²) in [5.74, 6) is 0.202. The highest BCUT2D eigenvalue weighted by Gasteiger charge is 2.11. The zero-order valence-electron chi connectivity index (χ0n) is 10.4. The van der Waals surface area contributed by atoms with Crippen LogP contribution < -0.4 is 11.1 Å². The highest BCUT2D eigenvalue weighted by Crippen LogP contribution is 2.13. The van der Waals surface area contributed by atoms with Crippen molar-refractivity contribution in [2.75, 3.05) is 11.1 Å². The van der Waals surface area contributed by atoms with E-state index in [-0.39, 0.29) is 12.3 Å². The number of nitrogen functional groups attached to an aromatic ring is 1. The summed E-state index contributed by atoms with van der Waals surface area (Å²) in [5.41, 5.74) is 7.43. The van der Waals surface area contributed by atoms with Crippen molar-refractivity contribution in [2.24, 2.45) is 7.05 Å². The first kappa shape index (κ1) is 12.6. The van der Waals surface area contributed by atoms with Gasteiger partial charge in [0, 0.05) is 12.7 Å². The second-order valence-corrected chi connectivity index (χ2v) is 4.11. The number of nitrogens with two attached hydrogens (primary N) is 1. The van der Waals surface area contributed by atoms with Crippen molar-refractivity contribution in [3.63, 3.8) is 0 Å². The van der Waals surface area contributed by atoms with E-state index in [0.29, 0.717) is 17.1 Å². The summed E-state index contributed by atoms with van der Waals surface area (Å²) >= 11 is 0. The first-order chi connectivity index (χ1) is 9.10. The van der Waals surface area contributed by atoms with E-state index in [0.717, 1.165) is 5.56 Å². The van der Waals surface area contributed by atoms with Crippen LogP contribution in [0, 0.1) is 11.3 Å². The fraction of sp³-hybridized carbons (Fsp3) is 0.154. The molecular formula is C13H13N5O. The smallest absolute Gasteiger partial charge is 0.229 e. The maximum Gasteiger partial charge on any atom is 0.229 e. The molecular weight excluding hydrogens is 242 g/mol. The lowest BCUT2D eigenvalue weighted by Gasteiger charge is -2.06. The monoisotopic (exact) mass is 255 g/mol. The van der Waals surface area contributed by atoms with E-state index in [4.69, 9.17) is 11.0 Å². The second-order valence-electron chi connectivity index (χ2n) is 4.11. The molecule has 2 aromatic rings. The number of nitriles is 1. The van der Waals surface area contributed by atoms with Gasteiger partial charge in [-0.2, -0.15) is 10.4 Å². The first-order valence-electron chi connectivity index (χ1n) is 5.66. The van der Waals surface area contributed by atoms with Crippen molar-refractivity contribution in [1.29, 1.82) is 5.26 Å². The Bertz CT molecular complexity index is 636. The van der Waals surface area contributed by atoms with E-state index in [1.165, 1.54) is 10.9 Å². The van der Waals surface area contributed by atoms with E-state index in [1.807, 2.05) is 6.07 Å². The van der Waals surface area contributed by atoms with Crippen LogP contribution >= 0.6 is 0 Å². The minimum atomic E-state index is -0.204. The number of nitrogens with one attached hydrogen (secondary N) is 1. The average molecular weight is 255 g/mol. The van der Waals surface area contributed by atoms with Crippen molar-refractivity contribution < 1.29 is 4.79 Å². The van der Waals surface area contributed by atoms with Gasteiger partial charge in [-0.25, -0.2) is 0 Å². The van der Waals surface area contributed by atoms with Crippen molar-refractivity contribution in [1.82, 2.24) is 9.78 Å². The standard InChI is InChI=1S/C13H13N5O/c1-18-13(10(7-14)8-16-18)17-12(19)6-9-2-4-11(15)5-3-9/h2-5,8H,6,15H2,1H3,(H,17,19). The van der Waals surface area contributed by atoms with Crippen molar-refractivity contribution in [3.8, 4) is 6.07 Å². The van der Waals surface area contributed by atoms with Gasteiger partial charge < -0.3 is 11.1 Å². The Morgan fingerprint density at radius 3 is 2.79 bits per heavy atom. The van der Waals surface area contributed by atoms with E-state index >= 15 is 0 Å². The summed E-state index contributed by atoms with van der Waals surface area (Å²) < 4.78 is 1.46. The lowest BCUT2D eigenvalue weighted by Crippen LogP contribution is -2.17. The molecule has 0 aliphatic rings. The number of aryl methyl sites for hydroxylation is 1. The quantitative estimate of drug-likeness (QED) is 0.801. The van der Waals surface area contributed by atoms with Gasteiger partial charge in [0.1, 0.15) is 17.5 Å². The normalized spacial score (nSPS) is 9.89. The molecule has 6 heteroatoms. The summed E-state index contributed by atoms with van der Waals surface area (Å²) in [5, 5.41) is 15.5. The Morgan fingerprint density at radius 2 is 2.16 bits per heavy atom. The lowest BCUT2D eigenvalue weighted by molar-refractivity contribution is -0.115. The highest BCUT2D eigenvalue weighted by molar-refractivity contribution is 5.92. The molecule has 2 rings (SSSR count). The molecule has 3 N–H and O–H groups in total. The van der Waals surface area contributed by atoms with Gasteiger partial charge in [0.2, 0.25) is 5.91 Å². The van der Waals surface area contributed by atoms with Crippen LogP contribution in [0.2, 0.25) is 0 Å². The van der Waals surface area contributed by atoms with Gasteiger partial charge in [-0.15, -0.1) is 0 Å². The van der Waals surface area contributed by atoms with E-state index < -0.39 is 0 Å². The molecule has 0 radical (unpaired) electrons. The molecule has 0 saturated heterocycles. The molecule has 0 spiro atoms. The fourth-order valence-corrected chi connectivity index (χ4v) is 1.66. The molecule has 6 nitrogen and oxygen atoms in total. The third-order valence-electron chi connectivity index (χ3n) is 2.66. The van der Waals surface area contributed by atoms with Crippen LogP contribution in [-0.2, 0) is 18.3 Å². The van der Waals surface area contributed by atoms with E-state index in [2.05, 4.69) is 10.4 Å². The van der Waals surface area contributed by atoms with Gasteiger partial charge in [0.25, 0.3) is 0 Å². The molecule has 19 heavy (non-hydrogen) atoms.